The summed E-state index contributed by atoms with van der Waals surface area (Å²) in [6, 6.07) is 11.5. The lowest BCUT2D eigenvalue weighted by Gasteiger charge is -2.38. The monoisotopic (exact) mass is 472 g/mol. The van der Waals surface area contributed by atoms with Crippen LogP contribution in [0.3, 0.4) is 0 Å². The molecule has 0 aliphatic carbocycles. The smallest absolute Gasteiger partial charge is 0.254 e. The van der Waals surface area contributed by atoms with Gasteiger partial charge in [-0.15, -0.1) is 0 Å². The highest BCUT2D eigenvalue weighted by molar-refractivity contribution is 9.10. The molecule has 6 heteroatoms. The average Bonchev–Trinajstić information content (AvgIpc) is 2.96. The van der Waals surface area contributed by atoms with Crippen LogP contribution in [0.25, 0.3) is 5.57 Å². The molecule has 2 heterocycles. The van der Waals surface area contributed by atoms with Crippen LogP contribution in [0.1, 0.15) is 36.5 Å². The van der Waals surface area contributed by atoms with Gasteiger partial charge < -0.3 is 10.2 Å². The quantitative estimate of drug-likeness (QED) is 0.600. The number of amides is 2. The van der Waals surface area contributed by atoms with Crippen LogP contribution in [0.5, 0.6) is 0 Å². The molecule has 4 nitrogen and oxygen atoms in total. The molecule has 1 spiro atoms. The summed E-state index contributed by atoms with van der Waals surface area (Å²) < 4.78 is 0.958. The van der Waals surface area contributed by atoms with Crippen LogP contribution < -0.4 is 5.32 Å². The molecule has 0 unspecified atom stereocenters. The van der Waals surface area contributed by atoms with Crippen molar-refractivity contribution in [3.63, 3.8) is 0 Å². The van der Waals surface area contributed by atoms with Crippen molar-refractivity contribution < 1.29 is 9.59 Å². The number of nitrogens with one attached hydrogen (secondary N) is 1. The van der Waals surface area contributed by atoms with Crippen molar-refractivity contribution in [1.82, 2.24) is 4.90 Å². The Kier molecular flexibility index (Phi) is 5.30. The number of allylic oxidation sites excluding steroid dienone is 1. The lowest BCUT2D eigenvalue weighted by atomic mass is 9.73. The molecule has 1 fully saturated rings. The third-order valence-electron chi connectivity index (χ3n) is 6.08. The highest BCUT2D eigenvalue weighted by Gasteiger charge is 2.49. The Hall–Kier alpha value is -2.11. The maximum absolute atomic E-state index is 13.3. The van der Waals surface area contributed by atoms with E-state index in [4.69, 9.17) is 11.6 Å². The minimum Gasteiger partial charge on any atom is -0.339 e. The second-order valence-corrected chi connectivity index (χ2v) is 9.03. The van der Waals surface area contributed by atoms with Crippen molar-refractivity contribution in [2.45, 2.75) is 32.1 Å². The zero-order valence-electron chi connectivity index (χ0n) is 16.4. The van der Waals surface area contributed by atoms with Gasteiger partial charge in [-0.25, -0.2) is 0 Å². The van der Waals surface area contributed by atoms with Crippen LogP contribution in [-0.4, -0.2) is 29.8 Å². The van der Waals surface area contributed by atoms with E-state index in [2.05, 4.69) is 21.2 Å². The number of aryl methyl sites for hydroxylation is 1. The molecule has 4 rings (SSSR count). The maximum atomic E-state index is 13.3. The summed E-state index contributed by atoms with van der Waals surface area (Å²) in [6.45, 7) is 4.93. The predicted molar refractivity (Wildman–Crippen MR) is 120 cm³/mol. The number of halogens is 2. The molecule has 1 N–H and O–H groups in total. The topological polar surface area (TPSA) is 49.4 Å². The molecule has 0 aromatic heterocycles. The molecule has 29 heavy (non-hydrogen) atoms. The van der Waals surface area contributed by atoms with E-state index in [9.17, 15) is 9.59 Å². The molecule has 2 aromatic rings. The summed E-state index contributed by atoms with van der Waals surface area (Å²) >= 11 is 9.59. The van der Waals surface area contributed by atoms with Crippen molar-refractivity contribution in [2.24, 2.45) is 0 Å². The fraction of sp³-hybridized carbons (Fsp3) is 0.304. The summed E-state index contributed by atoms with van der Waals surface area (Å²) in [4.78, 5) is 28.0. The molecule has 0 bridgehead atoms. The normalized spacial score (nSPS) is 18.0. The predicted octanol–water partition coefficient (Wildman–Crippen LogP) is 5.33. The molecular weight excluding hydrogens is 452 g/mol. The Morgan fingerprint density at radius 2 is 1.93 bits per heavy atom. The number of likely N-dealkylation sites (tertiary alicyclic amines) is 1. The number of carbonyl (C=O) groups is 2. The van der Waals surface area contributed by atoms with E-state index in [1.54, 1.807) is 0 Å². The van der Waals surface area contributed by atoms with Crippen LogP contribution in [0.2, 0.25) is 5.02 Å². The molecule has 150 valence electrons. The van der Waals surface area contributed by atoms with Crippen LogP contribution in [0.15, 0.2) is 46.9 Å². The zero-order chi connectivity index (χ0) is 20.8. The van der Waals surface area contributed by atoms with E-state index < -0.39 is 5.41 Å². The van der Waals surface area contributed by atoms with E-state index in [0.29, 0.717) is 36.5 Å². The Morgan fingerprint density at radius 1 is 1.21 bits per heavy atom. The fourth-order valence-corrected chi connectivity index (χ4v) is 5.06. The van der Waals surface area contributed by atoms with Gasteiger partial charge in [0.1, 0.15) is 0 Å². The van der Waals surface area contributed by atoms with Crippen molar-refractivity contribution >= 4 is 50.6 Å². The van der Waals surface area contributed by atoms with E-state index in [1.807, 2.05) is 61.2 Å². The van der Waals surface area contributed by atoms with Crippen molar-refractivity contribution in [1.29, 1.82) is 0 Å². The Balaban J connectivity index is 1.56. The summed E-state index contributed by atoms with van der Waals surface area (Å²) in [5.41, 5.74) is 3.90. The van der Waals surface area contributed by atoms with Crippen molar-refractivity contribution in [3.05, 3.63) is 68.7 Å². The van der Waals surface area contributed by atoms with Crippen LogP contribution in [0.4, 0.5) is 5.69 Å². The Morgan fingerprint density at radius 3 is 2.59 bits per heavy atom. The summed E-state index contributed by atoms with van der Waals surface area (Å²) in [6.07, 6.45) is 3.09. The van der Waals surface area contributed by atoms with E-state index in [1.165, 1.54) is 0 Å². The minimum atomic E-state index is -0.553. The molecule has 2 aromatic carbocycles. The molecule has 0 radical (unpaired) electrons. The standard InChI is InChI=1S/C23H22BrClN2O2/c1-3-17(18-6-5-16(25)12-14(18)2)21(28)27-10-8-23(9-11-27)19-13-15(24)4-7-20(19)26-22(23)29/h3-7,12-13H,8-11H2,1-2H3,(H,26,29)/b17-3+. The Bertz CT molecular complexity index is 1040. The Labute approximate surface area is 184 Å². The zero-order valence-corrected chi connectivity index (χ0v) is 18.7. The third-order valence-corrected chi connectivity index (χ3v) is 6.81. The SMILES string of the molecule is C/C=C(/C(=O)N1CCC2(CC1)C(=O)Nc1ccc(Br)cc12)c1ccc(Cl)cc1C. The minimum absolute atomic E-state index is 0.000596. The number of rotatable bonds is 2. The van der Waals surface area contributed by atoms with Crippen LogP contribution >= 0.6 is 27.5 Å². The van der Waals surface area contributed by atoms with Crippen LogP contribution in [-0.2, 0) is 15.0 Å². The number of anilines is 1. The summed E-state index contributed by atoms with van der Waals surface area (Å²) in [5.74, 6) is 0.0399. The first-order valence-electron chi connectivity index (χ1n) is 9.69. The second kappa shape index (κ2) is 7.62. The van der Waals surface area contributed by atoms with E-state index in [0.717, 1.165) is 26.9 Å². The fourth-order valence-electron chi connectivity index (χ4n) is 4.47. The largest absolute Gasteiger partial charge is 0.339 e. The lowest BCUT2D eigenvalue weighted by molar-refractivity contribution is -0.130. The van der Waals surface area contributed by atoms with Gasteiger partial charge in [-0.2, -0.15) is 0 Å². The molecule has 1 saturated heterocycles. The number of fused-ring (bicyclic) bond motifs is 2. The van der Waals surface area contributed by atoms with E-state index >= 15 is 0 Å². The average molecular weight is 474 g/mol. The first-order valence-corrected chi connectivity index (χ1v) is 10.9. The number of carbonyl (C=O) groups excluding carboxylic acids is 2. The van der Waals surface area contributed by atoms with Gasteiger partial charge >= 0.3 is 0 Å². The lowest BCUT2D eigenvalue weighted by Crippen LogP contribution is -2.48. The summed E-state index contributed by atoms with van der Waals surface area (Å²) in [7, 11) is 0. The van der Waals surface area contributed by atoms with Gasteiger partial charge in [-0.05, 0) is 73.7 Å². The maximum Gasteiger partial charge on any atom is 0.254 e. The molecule has 2 amide bonds. The molecular formula is C23H22BrClN2O2. The van der Waals surface area contributed by atoms with Gasteiger partial charge in [0, 0.05) is 33.8 Å². The molecule has 0 atom stereocenters. The third kappa shape index (κ3) is 3.40. The molecule has 2 aliphatic heterocycles. The number of benzene rings is 2. The van der Waals surface area contributed by atoms with Gasteiger partial charge in [0.05, 0.1) is 5.41 Å². The van der Waals surface area contributed by atoms with Gasteiger partial charge in [-0.1, -0.05) is 39.7 Å². The van der Waals surface area contributed by atoms with Gasteiger partial charge in [0.15, 0.2) is 0 Å². The summed E-state index contributed by atoms with van der Waals surface area (Å²) in [5, 5.41) is 3.67. The second-order valence-electron chi connectivity index (χ2n) is 7.68. The number of piperidine rings is 1. The first kappa shape index (κ1) is 20.2. The number of hydrogen-bond acceptors (Lipinski definition) is 2. The number of hydrogen-bond donors (Lipinski definition) is 1. The molecule has 2 aliphatic rings. The number of nitrogens with zero attached hydrogens (tertiary/aromatic N) is 1. The van der Waals surface area contributed by atoms with Crippen LogP contribution in [0, 0.1) is 6.92 Å². The molecule has 0 saturated carbocycles. The van der Waals surface area contributed by atoms with E-state index in [-0.39, 0.29) is 11.8 Å². The van der Waals surface area contributed by atoms with Gasteiger partial charge in [0.25, 0.3) is 5.91 Å². The first-order chi connectivity index (χ1) is 13.9. The van der Waals surface area contributed by atoms with Gasteiger partial charge in [-0.3, -0.25) is 9.59 Å². The highest BCUT2D eigenvalue weighted by atomic mass is 79.9. The van der Waals surface area contributed by atoms with Crippen molar-refractivity contribution in [2.75, 3.05) is 18.4 Å². The van der Waals surface area contributed by atoms with Crippen molar-refractivity contribution in [3.8, 4) is 0 Å². The van der Waals surface area contributed by atoms with Gasteiger partial charge in [0.2, 0.25) is 5.91 Å². The highest BCUT2D eigenvalue weighted by Crippen LogP contribution is 2.46.